The first kappa shape index (κ1) is 10.7. The minimum Gasteiger partial charge on any atom is -0.497 e. The number of ether oxygens (including phenoxy) is 1. The number of hydrogen-bond acceptors (Lipinski definition) is 3. The number of nitrogens with one attached hydrogen (secondary N) is 1. The molecular weight excluding hydrogens is 202 g/mol. The van der Waals surface area contributed by atoms with E-state index in [1.807, 2.05) is 31.2 Å². The van der Waals surface area contributed by atoms with Crippen LogP contribution < -0.4 is 10.5 Å². The molecule has 0 spiro atoms. The third-order valence-electron chi connectivity index (χ3n) is 2.49. The Labute approximate surface area is 94.5 Å². The van der Waals surface area contributed by atoms with E-state index in [-0.39, 0.29) is 0 Å². The maximum Gasteiger partial charge on any atom is 0.120 e. The summed E-state index contributed by atoms with van der Waals surface area (Å²) in [4.78, 5) is 7.59. The van der Waals surface area contributed by atoms with Crippen molar-refractivity contribution in [1.29, 1.82) is 0 Å². The van der Waals surface area contributed by atoms with Crippen molar-refractivity contribution in [2.75, 3.05) is 7.11 Å². The highest BCUT2D eigenvalue weighted by molar-refractivity contribution is 5.62. The lowest BCUT2D eigenvalue weighted by Gasteiger charge is -2.01. The second-order valence-electron chi connectivity index (χ2n) is 3.59. The van der Waals surface area contributed by atoms with Gasteiger partial charge in [-0.25, -0.2) is 4.98 Å². The Morgan fingerprint density at radius 1 is 1.31 bits per heavy atom. The van der Waals surface area contributed by atoms with E-state index in [0.29, 0.717) is 6.54 Å². The first-order valence-electron chi connectivity index (χ1n) is 5.14. The van der Waals surface area contributed by atoms with E-state index in [4.69, 9.17) is 10.5 Å². The van der Waals surface area contributed by atoms with Gasteiger partial charge in [0.05, 0.1) is 19.3 Å². The van der Waals surface area contributed by atoms with Crippen molar-refractivity contribution in [3.05, 3.63) is 35.8 Å². The minimum absolute atomic E-state index is 0.428. The molecule has 0 saturated carbocycles. The SMILES string of the molecule is COc1ccc(-c2nc(CN)[nH]c2C)cc1. The Hall–Kier alpha value is -1.81. The Morgan fingerprint density at radius 3 is 2.50 bits per heavy atom. The zero-order chi connectivity index (χ0) is 11.5. The van der Waals surface area contributed by atoms with Gasteiger partial charge in [0.25, 0.3) is 0 Å². The minimum atomic E-state index is 0.428. The molecule has 4 nitrogen and oxygen atoms in total. The lowest BCUT2D eigenvalue weighted by Crippen LogP contribution is -1.97. The normalized spacial score (nSPS) is 10.4. The molecular formula is C12H15N3O. The van der Waals surface area contributed by atoms with Crippen LogP contribution in [0.5, 0.6) is 5.75 Å². The molecule has 1 aromatic carbocycles. The standard InChI is InChI=1S/C12H15N3O/c1-8-12(15-11(7-13)14-8)9-3-5-10(16-2)6-4-9/h3-6H,7,13H2,1-2H3,(H,14,15). The highest BCUT2D eigenvalue weighted by atomic mass is 16.5. The number of nitrogens with two attached hydrogens (primary N) is 1. The molecule has 0 aliphatic carbocycles. The highest BCUT2D eigenvalue weighted by Gasteiger charge is 2.07. The molecule has 2 aromatic rings. The predicted octanol–water partition coefficient (Wildman–Crippen LogP) is 1.85. The molecule has 0 radical (unpaired) electrons. The predicted molar refractivity (Wildman–Crippen MR) is 63.2 cm³/mol. The number of hydrogen-bond donors (Lipinski definition) is 2. The molecule has 16 heavy (non-hydrogen) atoms. The van der Waals surface area contributed by atoms with E-state index in [9.17, 15) is 0 Å². The Bertz CT molecular complexity index is 474. The van der Waals surface area contributed by atoms with Gasteiger partial charge in [-0.2, -0.15) is 0 Å². The summed E-state index contributed by atoms with van der Waals surface area (Å²) < 4.78 is 5.11. The summed E-state index contributed by atoms with van der Waals surface area (Å²) in [6.45, 7) is 2.42. The van der Waals surface area contributed by atoms with Crippen molar-refractivity contribution in [1.82, 2.24) is 9.97 Å². The van der Waals surface area contributed by atoms with E-state index in [0.717, 1.165) is 28.5 Å². The molecule has 84 valence electrons. The van der Waals surface area contributed by atoms with Gasteiger partial charge in [0.15, 0.2) is 0 Å². The second-order valence-corrected chi connectivity index (χ2v) is 3.59. The van der Waals surface area contributed by atoms with Crippen LogP contribution in [-0.2, 0) is 6.54 Å². The zero-order valence-electron chi connectivity index (χ0n) is 9.45. The summed E-state index contributed by atoms with van der Waals surface area (Å²) in [6.07, 6.45) is 0. The van der Waals surface area contributed by atoms with E-state index < -0.39 is 0 Å². The van der Waals surface area contributed by atoms with Gasteiger partial charge in [-0.05, 0) is 31.2 Å². The van der Waals surface area contributed by atoms with E-state index in [2.05, 4.69) is 9.97 Å². The molecule has 1 aromatic heterocycles. The third-order valence-corrected chi connectivity index (χ3v) is 2.49. The topological polar surface area (TPSA) is 63.9 Å². The van der Waals surface area contributed by atoms with Crippen LogP contribution in [0.4, 0.5) is 0 Å². The van der Waals surface area contributed by atoms with Gasteiger partial charge in [0.1, 0.15) is 11.6 Å². The van der Waals surface area contributed by atoms with Gasteiger partial charge >= 0.3 is 0 Å². The van der Waals surface area contributed by atoms with Crippen LogP contribution in [-0.4, -0.2) is 17.1 Å². The van der Waals surface area contributed by atoms with Crippen LogP contribution in [0.15, 0.2) is 24.3 Å². The first-order valence-corrected chi connectivity index (χ1v) is 5.14. The van der Waals surface area contributed by atoms with Gasteiger partial charge in [0, 0.05) is 11.3 Å². The summed E-state index contributed by atoms with van der Waals surface area (Å²) >= 11 is 0. The van der Waals surface area contributed by atoms with Gasteiger partial charge in [-0.1, -0.05) is 0 Å². The van der Waals surface area contributed by atoms with Gasteiger partial charge in [0.2, 0.25) is 0 Å². The average molecular weight is 217 g/mol. The van der Waals surface area contributed by atoms with Crippen LogP contribution in [0.3, 0.4) is 0 Å². The van der Waals surface area contributed by atoms with Gasteiger partial charge in [-0.15, -0.1) is 0 Å². The molecule has 0 unspecified atom stereocenters. The Balaban J connectivity index is 2.38. The fourth-order valence-corrected chi connectivity index (χ4v) is 1.65. The average Bonchev–Trinajstić information content (AvgIpc) is 2.71. The second kappa shape index (κ2) is 4.37. The smallest absolute Gasteiger partial charge is 0.120 e. The van der Waals surface area contributed by atoms with Crippen molar-refractivity contribution in [2.45, 2.75) is 13.5 Å². The number of rotatable bonds is 3. The molecule has 3 N–H and O–H groups in total. The number of aryl methyl sites for hydroxylation is 1. The van der Waals surface area contributed by atoms with Crippen molar-refractivity contribution in [3.8, 4) is 17.0 Å². The highest BCUT2D eigenvalue weighted by Crippen LogP contribution is 2.23. The number of nitrogens with zero attached hydrogens (tertiary/aromatic N) is 1. The van der Waals surface area contributed by atoms with Crippen LogP contribution in [0.2, 0.25) is 0 Å². The van der Waals surface area contributed by atoms with Gasteiger partial charge in [-0.3, -0.25) is 0 Å². The van der Waals surface area contributed by atoms with Gasteiger partial charge < -0.3 is 15.5 Å². The van der Waals surface area contributed by atoms with E-state index in [1.54, 1.807) is 7.11 Å². The molecule has 2 rings (SSSR count). The molecule has 0 aliphatic heterocycles. The lowest BCUT2D eigenvalue weighted by atomic mass is 10.1. The van der Waals surface area contributed by atoms with Crippen LogP contribution in [0.25, 0.3) is 11.3 Å². The first-order chi connectivity index (χ1) is 7.74. The van der Waals surface area contributed by atoms with E-state index >= 15 is 0 Å². The number of aromatic amines is 1. The van der Waals surface area contributed by atoms with Crippen LogP contribution >= 0.6 is 0 Å². The summed E-state index contributed by atoms with van der Waals surface area (Å²) in [5, 5.41) is 0. The molecule has 1 heterocycles. The number of benzene rings is 1. The number of aromatic nitrogens is 2. The third kappa shape index (κ3) is 1.92. The van der Waals surface area contributed by atoms with Crippen molar-refractivity contribution >= 4 is 0 Å². The Morgan fingerprint density at radius 2 is 2.00 bits per heavy atom. The molecule has 0 amide bonds. The summed E-state index contributed by atoms with van der Waals surface area (Å²) in [7, 11) is 1.65. The monoisotopic (exact) mass is 217 g/mol. The quantitative estimate of drug-likeness (QED) is 0.824. The number of H-pyrrole nitrogens is 1. The molecule has 0 aliphatic rings. The van der Waals surface area contributed by atoms with Crippen LogP contribution in [0, 0.1) is 6.92 Å². The van der Waals surface area contributed by atoms with Crippen molar-refractivity contribution < 1.29 is 4.74 Å². The molecule has 0 fully saturated rings. The maximum absolute atomic E-state index is 5.54. The number of imidazole rings is 1. The summed E-state index contributed by atoms with van der Waals surface area (Å²) in [5.41, 5.74) is 8.59. The fraction of sp³-hybridized carbons (Fsp3) is 0.250. The largest absolute Gasteiger partial charge is 0.497 e. The lowest BCUT2D eigenvalue weighted by molar-refractivity contribution is 0.415. The van der Waals surface area contributed by atoms with Crippen molar-refractivity contribution in [3.63, 3.8) is 0 Å². The maximum atomic E-state index is 5.54. The molecule has 0 atom stereocenters. The van der Waals surface area contributed by atoms with Crippen molar-refractivity contribution in [2.24, 2.45) is 5.73 Å². The molecule has 0 saturated heterocycles. The van der Waals surface area contributed by atoms with E-state index in [1.165, 1.54) is 0 Å². The summed E-state index contributed by atoms with van der Waals surface area (Å²) in [5.74, 6) is 1.65. The molecule has 0 bridgehead atoms. The molecule has 4 heteroatoms. The number of methoxy groups -OCH3 is 1. The fourth-order valence-electron chi connectivity index (χ4n) is 1.65. The Kier molecular flexibility index (Phi) is 2.92. The zero-order valence-corrected chi connectivity index (χ0v) is 9.45. The summed E-state index contributed by atoms with van der Waals surface area (Å²) in [6, 6.07) is 7.82. The van der Waals surface area contributed by atoms with Crippen LogP contribution in [0.1, 0.15) is 11.5 Å².